The van der Waals surface area contributed by atoms with Gasteiger partial charge in [0.25, 0.3) is 0 Å². The maximum Gasteiger partial charge on any atom is 0.338 e. The number of fused-ring (bicyclic) bond motifs is 2. The van der Waals surface area contributed by atoms with Crippen LogP contribution in [0.1, 0.15) is 32.7 Å². The quantitative estimate of drug-likeness (QED) is 0.329. The summed E-state index contributed by atoms with van der Waals surface area (Å²) in [7, 11) is -3.38. The molecule has 7 nitrogen and oxygen atoms in total. The first-order valence-corrected chi connectivity index (χ1v) is 11.8. The normalized spacial score (nSPS) is 13.7. The number of benzene rings is 2. The molecular weight excluding hydrogens is 440 g/mol. The number of Topliss-reactive ketones (excluding diaryl/α,β-unsaturated/α-hetero) is 1. The average Bonchev–Trinajstić information content (AvgIpc) is 2.75. The summed E-state index contributed by atoms with van der Waals surface area (Å²) in [6, 6.07) is 13.1. The highest BCUT2D eigenvalue weighted by atomic mass is 35.5. The molecule has 0 bridgehead atoms. The average molecular weight is 459 g/mol. The SMILES string of the molecule is CS(=O)(=O)N1CCCc2cc(C(=O)COC(=O)c3ccc4nc(Cl)ccc4c3)ccc21. The van der Waals surface area contributed by atoms with Crippen molar-refractivity contribution in [3.8, 4) is 0 Å². The van der Waals surface area contributed by atoms with Gasteiger partial charge in [0.2, 0.25) is 10.0 Å². The summed E-state index contributed by atoms with van der Waals surface area (Å²) in [5.41, 5.74) is 2.71. The number of aromatic nitrogens is 1. The third-order valence-electron chi connectivity index (χ3n) is 5.10. The minimum atomic E-state index is -3.38. The zero-order valence-electron chi connectivity index (χ0n) is 16.7. The third-order valence-corrected chi connectivity index (χ3v) is 6.49. The topological polar surface area (TPSA) is 93.6 Å². The molecule has 0 fully saturated rings. The highest BCUT2D eigenvalue weighted by molar-refractivity contribution is 7.92. The van der Waals surface area contributed by atoms with Crippen molar-refractivity contribution >= 4 is 50.0 Å². The van der Waals surface area contributed by atoms with E-state index in [4.69, 9.17) is 16.3 Å². The van der Waals surface area contributed by atoms with Gasteiger partial charge in [-0.2, -0.15) is 0 Å². The number of hydrogen-bond donors (Lipinski definition) is 0. The van der Waals surface area contributed by atoms with Crippen LogP contribution < -0.4 is 4.31 Å². The number of rotatable bonds is 5. The molecule has 3 aromatic rings. The van der Waals surface area contributed by atoms with Crippen LogP contribution in [0.4, 0.5) is 5.69 Å². The molecule has 9 heteroatoms. The Kier molecular flexibility index (Phi) is 5.68. The molecule has 31 heavy (non-hydrogen) atoms. The molecule has 1 aliphatic heterocycles. The second-order valence-electron chi connectivity index (χ2n) is 7.32. The number of nitrogens with zero attached hydrogens (tertiary/aromatic N) is 2. The van der Waals surface area contributed by atoms with E-state index in [9.17, 15) is 18.0 Å². The molecule has 0 unspecified atom stereocenters. The molecule has 1 aliphatic rings. The summed E-state index contributed by atoms with van der Waals surface area (Å²) in [5, 5.41) is 1.09. The number of ketones is 1. The number of halogens is 1. The van der Waals surface area contributed by atoms with Crippen molar-refractivity contribution in [2.45, 2.75) is 12.8 Å². The van der Waals surface area contributed by atoms with Crippen molar-refractivity contribution < 1.29 is 22.7 Å². The van der Waals surface area contributed by atoms with E-state index in [1.54, 1.807) is 48.5 Å². The van der Waals surface area contributed by atoms with Crippen molar-refractivity contribution in [2.75, 3.05) is 23.7 Å². The van der Waals surface area contributed by atoms with Crippen molar-refractivity contribution in [1.29, 1.82) is 0 Å². The minimum Gasteiger partial charge on any atom is -0.454 e. The van der Waals surface area contributed by atoms with Crippen LogP contribution in [0, 0.1) is 0 Å². The van der Waals surface area contributed by atoms with E-state index >= 15 is 0 Å². The molecule has 1 aromatic heterocycles. The number of pyridine rings is 1. The Hall–Kier alpha value is -2.97. The molecule has 160 valence electrons. The number of esters is 1. The molecule has 2 aromatic carbocycles. The Morgan fingerprint density at radius 3 is 2.65 bits per heavy atom. The van der Waals surface area contributed by atoms with Gasteiger partial charge in [0.1, 0.15) is 5.15 Å². The summed E-state index contributed by atoms with van der Waals surface area (Å²) in [5.74, 6) is -0.978. The van der Waals surface area contributed by atoms with Crippen molar-refractivity contribution in [2.24, 2.45) is 0 Å². The molecule has 0 saturated heterocycles. The number of sulfonamides is 1. The second kappa shape index (κ2) is 8.28. The fourth-order valence-electron chi connectivity index (χ4n) is 3.61. The summed E-state index contributed by atoms with van der Waals surface area (Å²) in [4.78, 5) is 29.1. The molecule has 0 atom stereocenters. The molecule has 0 spiro atoms. The van der Waals surface area contributed by atoms with Gasteiger partial charge in [-0.3, -0.25) is 9.10 Å². The lowest BCUT2D eigenvalue weighted by Crippen LogP contribution is -2.34. The van der Waals surface area contributed by atoms with Gasteiger partial charge in [-0.05, 0) is 66.9 Å². The van der Waals surface area contributed by atoms with Gasteiger partial charge in [0, 0.05) is 17.5 Å². The van der Waals surface area contributed by atoms with Gasteiger partial charge in [-0.1, -0.05) is 11.6 Å². The molecule has 0 N–H and O–H groups in total. The summed E-state index contributed by atoms with van der Waals surface area (Å²) in [6.45, 7) is 0.00847. The summed E-state index contributed by atoms with van der Waals surface area (Å²) >= 11 is 5.87. The van der Waals surface area contributed by atoms with Crippen molar-refractivity contribution in [1.82, 2.24) is 4.98 Å². The number of carbonyl (C=O) groups is 2. The summed E-state index contributed by atoms with van der Waals surface area (Å²) < 4.78 is 30.5. The summed E-state index contributed by atoms with van der Waals surface area (Å²) in [6.07, 6.45) is 2.52. The first kappa shape index (κ1) is 21.3. The second-order valence-corrected chi connectivity index (χ2v) is 9.62. The van der Waals surface area contributed by atoms with Gasteiger partial charge in [0.15, 0.2) is 12.4 Å². The fraction of sp³-hybridized carbons (Fsp3) is 0.227. The number of carbonyl (C=O) groups excluding carboxylic acids is 2. The maximum atomic E-state index is 12.6. The molecule has 0 radical (unpaired) electrons. The maximum absolute atomic E-state index is 12.6. The van der Waals surface area contributed by atoms with E-state index in [0.717, 1.165) is 17.2 Å². The Morgan fingerprint density at radius 2 is 1.87 bits per heavy atom. The Labute approximate surface area is 184 Å². The number of anilines is 1. The number of hydrogen-bond acceptors (Lipinski definition) is 6. The predicted molar refractivity (Wildman–Crippen MR) is 118 cm³/mol. The van der Waals surface area contributed by atoms with E-state index in [1.807, 2.05) is 0 Å². The van der Waals surface area contributed by atoms with Crippen LogP contribution in [-0.2, 0) is 21.2 Å². The van der Waals surface area contributed by atoms with Crippen LogP contribution in [0.25, 0.3) is 10.9 Å². The number of aryl methyl sites for hydroxylation is 1. The monoisotopic (exact) mass is 458 g/mol. The standard InChI is InChI=1S/C22H19ClN2O5S/c1-31(28,29)25-10-2-3-15-12-16(5-8-19(15)25)20(26)13-30-22(27)17-4-7-18-14(11-17)6-9-21(23)24-18/h4-9,11-12H,2-3,10,13H2,1H3. The number of ether oxygens (including phenoxy) is 1. The Balaban J connectivity index is 1.46. The molecule has 0 aliphatic carbocycles. The predicted octanol–water partition coefficient (Wildman–Crippen LogP) is 3.64. The van der Waals surface area contributed by atoms with E-state index in [0.29, 0.717) is 46.9 Å². The first-order chi connectivity index (χ1) is 14.7. The van der Waals surface area contributed by atoms with Gasteiger partial charge < -0.3 is 4.74 Å². The van der Waals surface area contributed by atoms with Crippen LogP contribution >= 0.6 is 11.6 Å². The van der Waals surface area contributed by atoms with Crippen molar-refractivity contribution in [3.63, 3.8) is 0 Å². The van der Waals surface area contributed by atoms with Crippen LogP contribution in [0.15, 0.2) is 48.5 Å². The smallest absolute Gasteiger partial charge is 0.338 e. The highest BCUT2D eigenvalue weighted by Crippen LogP contribution is 2.30. The molecular formula is C22H19ClN2O5S. The van der Waals surface area contributed by atoms with Gasteiger partial charge >= 0.3 is 5.97 Å². The Bertz CT molecular complexity index is 1310. The van der Waals surface area contributed by atoms with E-state index in [2.05, 4.69) is 4.98 Å². The molecule has 0 amide bonds. The third kappa shape index (κ3) is 4.55. The lowest BCUT2D eigenvalue weighted by molar-refractivity contribution is 0.0475. The largest absolute Gasteiger partial charge is 0.454 e. The Morgan fingerprint density at radius 1 is 1.10 bits per heavy atom. The van der Waals surface area contributed by atoms with Crippen LogP contribution in [0.2, 0.25) is 5.15 Å². The first-order valence-electron chi connectivity index (χ1n) is 9.60. The van der Waals surface area contributed by atoms with Gasteiger partial charge in [0.05, 0.1) is 23.0 Å². The van der Waals surface area contributed by atoms with E-state index < -0.39 is 22.6 Å². The van der Waals surface area contributed by atoms with Gasteiger partial charge in [-0.25, -0.2) is 18.2 Å². The fourth-order valence-corrected chi connectivity index (χ4v) is 4.76. The lowest BCUT2D eigenvalue weighted by atomic mass is 9.99. The van der Waals surface area contributed by atoms with Gasteiger partial charge in [-0.15, -0.1) is 0 Å². The van der Waals surface area contributed by atoms with Crippen LogP contribution in [0.3, 0.4) is 0 Å². The zero-order chi connectivity index (χ0) is 22.2. The zero-order valence-corrected chi connectivity index (χ0v) is 18.2. The van der Waals surface area contributed by atoms with Crippen LogP contribution in [-0.4, -0.2) is 44.6 Å². The van der Waals surface area contributed by atoms with Crippen molar-refractivity contribution in [3.05, 3.63) is 70.4 Å². The minimum absolute atomic E-state index is 0.304. The van der Waals surface area contributed by atoms with E-state index in [-0.39, 0.29) is 5.78 Å². The molecule has 0 saturated carbocycles. The highest BCUT2D eigenvalue weighted by Gasteiger charge is 2.25. The van der Waals surface area contributed by atoms with E-state index in [1.165, 1.54) is 4.31 Å². The molecule has 2 heterocycles. The van der Waals surface area contributed by atoms with Crippen LogP contribution in [0.5, 0.6) is 0 Å². The lowest BCUT2D eigenvalue weighted by Gasteiger charge is -2.29. The molecule has 4 rings (SSSR count).